The van der Waals surface area contributed by atoms with E-state index in [-0.39, 0.29) is 12.3 Å². The first-order valence-electron chi connectivity index (χ1n) is 9.55. The van der Waals surface area contributed by atoms with Gasteiger partial charge in [-0.1, -0.05) is 26.7 Å². The van der Waals surface area contributed by atoms with Gasteiger partial charge in [-0.3, -0.25) is 0 Å². The molecule has 11 heteroatoms. The third-order valence-electron chi connectivity index (χ3n) is 5.41. The summed E-state index contributed by atoms with van der Waals surface area (Å²) in [4.78, 5) is 11.5. The Kier molecular flexibility index (Phi) is 11.1. The first-order chi connectivity index (χ1) is 13.2. The van der Waals surface area contributed by atoms with Gasteiger partial charge in [-0.25, -0.2) is 4.79 Å². The lowest BCUT2D eigenvalue weighted by Crippen LogP contribution is -2.65. The van der Waals surface area contributed by atoms with E-state index in [4.69, 9.17) is 5.11 Å². The SMILES string of the molecule is CCCC(C)CCC(O)(C(=O)O)C(O)C(O)C(O)C(O)C(C)(O)C(O)C(O)CO. The smallest absolute Gasteiger partial charge is 0.338 e. The molecular weight excluding hydrogens is 392 g/mol. The molecule has 0 saturated heterocycles. The maximum Gasteiger partial charge on any atom is 0.338 e. The molecule has 9 unspecified atom stereocenters. The van der Waals surface area contributed by atoms with Crippen molar-refractivity contribution in [3.8, 4) is 0 Å². The average molecular weight is 428 g/mol. The molecular formula is C18H36O11. The van der Waals surface area contributed by atoms with E-state index in [9.17, 15) is 50.8 Å². The van der Waals surface area contributed by atoms with Gasteiger partial charge in [-0.15, -0.1) is 0 Å². The van der Waals surface area contributed by atoms with Crippen molar-refractivity contribution in [1.82, 2.24) is 0 Å². The molecule has 9 atom stereocenters. The second kappa shape index (κ2) is 11.5. The molecule has 0 amide bonds. The van der Waals surface area contributed by atoms with E-state index in [2.05, 4.69) is 0 Å². The molecule has 174 valence electrons. The van der Waals surface area contributed by atoms with Gasteiger partial charge in [-0.05, 0) is 25.7 Å². The van der Waals surface area contributed by atoms with Crippen LogP contribution in [0.1, 0.15) is 46.5 Å². The topological polar surface area (TPSA) is 219 Å². The van der Waals surface area contributed by atoms with Crippen molar-refractivity contribution in [2.45, 2.75) is 94.3 Å². The molecule has 0 saturated carbocycles. The molecule has 0 aliphatic rings. The van der Waals surface area contributed by atoms with E-state index < -0.39 is 66.8 Å². The van der Waals surface area contributed by atoms with Crippen molar-refractivity contribution < 1.29 is 55.9 Å². The van der Waals surface area contributed by atoms with E-state index in [1.165, 1.54) is 0 Å². The molecule has 0 spiro atoms. The van der Waals surface area contributed by atoms with Crippen molar-refractivity contribution in [3.63, 3.8) is 0 Å². The summed E-state index contributed by atoms with van der Waals surface area (Å²) in [5, 5.41) is 98.7. The number of hydrogen-bond donors (Lipinski definition) is 10. The second-order valence-corrected chi connectivity index (χ2v) is 7.95. The lowest BCUT2D eigenvalue weighted by Gasteiger charge is -2.41. The zero-order chi connectivity index (χ0) is 23.2. The van der Waals surface area contributed by atoms with Crippen LogP contribution in [-0.4, -0.2) is 111 Å². The van der Waals surface area contributed by atoms with Gasteiger partial charge in [0.05, 0.1) is 6.61 Å². The Balaban J connectivity index is 5.46. The minimum absolute atomic E-state index is 0.0154. The number of aliphatic hydroxyl groups is 9. The largest absolute Gasteiger partial charge is 0.479 e. The van der Waals surface area contributed by atoms with Crippen molar-refractivity contribution in [1.29, 1.82) is 0 Å². The van der Waals surface area contributed by atoms with E-state index in [1.807, 2.05) is 13.8 Å². The Bertz CT molecular complexity index is 500. The molecule has 0 aromatic rings. The van der Waals surface area contributed by atoms with Gasteiger partial charge < -0.3 is 51.1 Å². The Hall–Kier alpha value is -0.890. The van der Waals surface area contributed by atoms with Gasteiger partial charge >= 0.3 is 5.97 Å². The monoisotopic (exact) mass is 428 g/mol. The molecule has 0 aliphatic carbocycles. The van der Waals surface area contributed by atoms with Crippen LogP contribution in [0.25, 0.3) is 0 Å². The molecule has 29 heavy (non-hydrogen) atoms. The first kappa shape index (κ1) is 28.1. The molecule has 0 aliphatic heterocycles. The second-order valence-electron chi connectivity index (χ2n) is 7.95. The fourth-order valence-electron chi connectivity index (χ4n) is 3.15. The highest BCUT2D eigenvalue weighted by Gasteiger charge is 2.53. The minimum atomic E-state index is -2.85. The molecule has 10 N–H and O–H groups in total. The lowest BCUT2D eigenvalue weighted by molar-refractivity contribution is -0.228. The van der Waals surface area contributed by atoms with E-state index >= 15 is 0 Å². The van der Waals surface area contributed by atoms with Gasteiger partial charge in [0.25, 0.3) is 0 Å². The highest BCUT2D eigenvalue weighted by atomic mass is 16.4. The quantitative estimate of drug-likeness (QED) is 0.134. The van der Waals surface area contributed by atoms with Crippen LogP contribution in [-0.2, 0) is 4.79 Å². The number of rotatable bonds is 14. The normalized spacial score (nSPS) is 23.7. The number of carboxylic acid groups (broad SMARTS) is 1. The summed E-state index contributed by atoms with van der Waals surface area (Å²) in [5.74, 6) is -1.83. The van der Waals surface area contributed by atoms with Gasteiger partial charge in [-0.2, -0.15) is 0 Å². The van der Waals surface area contributed by atoms with Crippen LogP contribution in [0.3, 0.4) is 0 Å². The van der Waals surface area contributed by atoms with Crippen molar-refractivity contribution >= 4 is 5.97 Å². The standard InChI is InChI=1S/C18H36O11/c1-4-5-9(2)6-7-18(29,16(26)27)15(25)12(22)11(21)14(24)17(3,28)13(23)10(20)8-19/h9-15,19-25,28-29H,4-8H2,1-3H3,(H,26,27). The third kappa shape index (κ3) is 6.81. The number of aliphatic carboxylic acids is 1. The fourth-order valence-corrected chi connectivity index (χ4v) is 3.15. The van der Waals surface area contributed by atoms with Crippen LogP contribution in [0, 0.1) is 5.92 Å². The molecule has 11 nitrogen and oxygen atoms in total. The summed E-state index contributed by atoms with van der Waals surface area (Å²) in [5.41, 5.74) is -5.52. The zero-order valence-electron chi connectivity index (χ0n) is 17.0. The summed E-state index contributed by atoms with van der Waals surface area (Å²) in [6.45, 7) is 3.54. The fraction of sp³-hybridized carbons (Fsp3) is 0.944. The molecule has 0 bridgehead atoms. The Morgan fingerprint density at radius 3 is 1.79 bits per heavy atom. The zero-order valence-corrected chi connectivity index (χ0v) is 17.0. The van der Waals surface area contributed by atoms with E-state index in [1.54, 1.807) is 0 Å². The molecule has 0 heterocycles. The van der Waals surface area contributed by atoms with Crippen LogP contribution in [0.2, 0.25) is 0 Å². The predicted molar refractivity (Wildman–Crippen MR) is 99.6 cm³/mol. The predicted octanol–water partition coefficient (Wildman–Crippen LogP) is -3.07. The van der Waals surface area contributed by atoms with Gasteiger partial charge in [0.2, 0.25) is 0 Å². The summed E-state index contributed by atoms with van der Waals surface area (Å²) in [7, 11) is 0. The Labute approximate surface area is 169 Å². The summed E-state index contributed by atoms with van der Waals surface area (Å²) < 4.78 is 0. The van der Waals surface area contributed by atoms with Crippen LogP contribution >= 0.6 is 0 Å². The average Bonchev–Trinajstić information content (AvgIpc) is 2.68. The molecule has 0 radical (unpaired) electrons. The van der Waals surface area contributed by atoms with Gasteiger partial charge in [0, 0.05) is 0 Å². The number of aliphatic hydroxyl groups excluding tert-OH is 7. The maximum absolute atomic E-state index is 11.5. The highest BCUT2D eigenvalue weighted by molar-refractivity contribution is 5.78. The number of carbonyl (C=O) groups is 1. The molecule has 0 rings (SSSR count). The van der Waals surface area contributed by atoms with Crippen molar-refractivity contribution in [3.05, 3.63) is 0 Å². The summed E-state index contributed by atoms with van der Waals surface area (Å²) in [6, 6.07) is 0. The van der Waals surface area contributed by atoms with E-state index in [0.29, 0.717) is 0 Å². The summed E-state index contributed by atoms with van der Waals surface area (Å²) in [6.07, 6.45) is -12.4. The van der Waals surface area contributed by atoms with Crippen LogP contribution in [0.15, 0.2) is 0 Å². The van der Waals surface area contributed by atoms with Crippen LogP contribution in [0.5, 0.6) is 0 Å². The van der Waals surface area contributed by atoms with Crippen LogP contribution in [0.4, 0.5) is 0 Å². The van der Waals surface area contributed by atoms with Crippen molar-refractivity contribution in [2.75, 3.05) is 6.61 Å². The van der Waals surface area contributed by atoms with Crippen LogP contribution < -0.4 is 0 Å². The summed E-state index contributed by atoms with van der Waals surface area (Å²) >= 11 is 0. The Morgan fingerprint density at radius 1 is 0.897 bits per heavy atom. The minimum Gasteiger partial charge on any atom is -0.479 e. The van der Waals surface area contributed by atoms with Gasteiger partial charge in [0.15, 0.2) is 5.60 Å². The van der Waals surface area contributed by atoms with Crippen molar-refractivity contribution in [2.24, 2.45) is 5.92 Å². The maximum atomic E-state index is 11.5. The van der Waals surface area contributed by atoms with Gasteiger partial charge in [0.1, 0.15) is 42.2 Å². The first-order valence-corrected chi connectivity index (χ1v) is 9.55. The lowest BCUT2D eigenvalue weighted by atomic mass is 9.79. The third-order valence-corrected chi connectivity index (χ3v) is 5.41. The number of carboxylic acids is 1. The highest BCUT2D eigenvalue weighted by Crippen LogP contribution is 2.29. The van der Waals surface area contributed by atoms with E-state index in [0.717, 1.165) is 19.8 Å². The molecule has 0 aromatic carbocycles. The molecule has 0 aromatic heterocycles. The number of hydrogen-bond acceptors (Lipinski definition) is 10. The Morgan fingerprint density at radius 2 is 1.38 bits per heavy atom. The molecule has 0 fully saturated rings.